The summed E-state index contributed by atoms with van der Waals surface area (Å²) in [7, 11) is 0. The lowest BCUT2D eigenvalue weighted by atomic mass is 10.1. The van der Waals surface area contributed by atoms with E-state index < -0.39 is 17.5 Å². The highest BCUT2D eigenvalue weighted by Gasteiger charge is 2.16. The first-order valence-electron chi connectivity index (χ1n) is 5.71. The Balaban J connectivity index is 2.45. The zero-order valence-electron chi connectivity index (χ0n) is 10.5. The number of hydrogen-bond acceptors (Lipinski definition) is 2. The number of nitrogens with one attached hydrogen (secondary N) is 1. The first-order chi connectivity index (χ1) is 9.41. The third-order valence-electron chi connectivity index (χ3n) is 2.83. The molecule has 6 heteroatoms. The Bertz CT molecular complexity index is 666. The molecular formula is C14H11F3N2S. The maximum atomic E-state index is 13.9. The number of anilines is 2. The minimum absolute atomic E-state index is 0.0916. The number of nitrogens with two attached hydrogens (primary N) is 1. The maximum Gasteiger partial charge on any atom is 0.182 e. The molecule has 0 spiro atoms. The second kappa shape index (κ2) is 5.50. The molecule has 20 heavy (non-hydrogen) atoms. The molecule has 0 bridgehead atoms. The Morgan fingerprint density at radius 1 is 1.10 bits per heavy atom. The molecule has 2 nitrogen and oxygen atoms in total. The van der Waals surface area contributed by atoms with E-state index >= 15 is 0 Å². The molecule has 0 aliphatic rings. The molecule has 2 aromatic rings. The average molecular weight is 296 g/mol. The lowest BCUT2D eigenvalue weighted by Gasteiger charge is -2.12. The highest BCUT2D eigenvalue weighted by Crippen LogP contribution is 2.27. The van der Waals surface area contributed by atoms with Crippen molar-refractivity contribution >= 4 is 28.6 Å². The first kappa shape index (κ1) is 14.3. The molecule has 2 aromatic carbocycles. The van der Waals surface area contributed by atoms with E-state index in [1.165, 1.54) is 24.3 Å². The van der Waals surface area contributed by atoms with E-state index in [-0.39, 0.29) is 21.9 Å². The van der Waals surface area contributed by atoms with Gasteiger partial charge in [0, 0.05) is 5.56 Å². The van der Waals surface area contributed by atoms with E-state index in [0.717, 1.165) is 0 Å². The molecule has 0 amide bonds. The fourth-order valence-corrected chi connectivity index (χ4v) is 1.92. The lowest BCUT2D eigenvalue weighted by molar-refractivity contribution is 0.510. The van der Waals surface area contributed by atoms with Crippen LogP contribution >= 0.6 is 12.2 Å². The van der Waals surface area contributed by atoms with Crippen LogP contribution in [-0.2, 0) is 0 Å². The van der Waals surface area contributed by atoms with Gasteiger partial charge in [-0.25, -0.2) is 13.2 Å². The predicted molar refractivity (Wildman–Crippen MR) is 76.7 cm³/mol. The van der Waals surface area contributed by atoms with Crippen LogP contribution in [0.25, 0.3) is 0 Å². The summed E-state index contributed by atoms with van der Waals surface area (Å²) in [6.07, 6.45) is 0. The van der Waals surface area contributed by atoms with Crippen LogP contribution in [0.5, 0.6) is 0 Å². The van der Waals surface area contributed by atoms with Crippen LogP contribution in [0.15, 0.2) is 30.3 Å². The van der Waals surface area contributed by atoms with Crippen molar-refractivity contribution in [2.45, 2.75) is 6.92 Å². The standard InChI is InChI=1S/C14H11F3N2S/c1-7-3-2-4-9(15)13(7)19-10-6-5-8(14(18)20)11(16)12(10)17/h2-6,19H,1H3,(H2,18,20). The predicted octanol–water partition coefficient (Wildman–Crippen LogP) is 3.79. The van der Waals surface area contributed by atoms with Gasteiger partial charge in [0.25, 0.3) is 0 Å². The summed E-state index contributed by atoms with van der Waals surface area (Å²) in [4.78, 5) is -0.241. The topological polar surface area (TPSA) is 38.0 Å². The second-order valence-corrected chi connectivity index (χ2v) is 4.65. The molecule has 104 valence electrons. The Kier molecular flexibility index (Phi) is 3.94. The monoisotopic (exact) mass is 296 g/mol. The van der Waals surface area contributed by atoms with Crippen molar-refractivity contribution in [2.24, 2.45) is 5.73 Å². The van der Waals surface area contributed by atoms with Crippen molar-refractivity contribution in [2.75, 3.05) is 5.32 Å². The van der Waals surface area contributed by atoms with Crippen LogP contribution in [-0.4, -0.2) is 4.99 Å². The number of aryl methyl sites for hydroxylation is 1. The summed E-state index contributed by atoms with van der Waals surface area (Å²) in [6.45, 7) is 1.66. The number of rotatable bonds is 3. The van der Waals surface area contributed by atoms with Gasteiger partial charge in [-0.1, -0.05) is 24.4 Å². The molecule has 0 aromatic heterocycles. The van der Waals surface area contributed by atoms with Gasteiger partial charge >= 0.3 is 0 Å². The van der Waals surface area contributed by atoms with Crippen molar-refractivity contribution < 1.29 is 13.2 Å². The Hall–Kier alpha value is -2.08. The Morgan fingerprint density at radius 3 is 2.40 bits per heavy atom. The van der Waals surface area contributed by atoms with Crippen molar-refractivity contribution in [1.82, 2.24) is 0 Å². The molecule has 2 rings (SSSR count). The molecular weight excluding hydrogens is 285 g/mol. The van der Waals surface area contributed by atoms with E-state index in [9.17, 15) is 13.2 Å². The van der Waals surface area contributed by atoms with Gasteiger partial charge in [-0.05, 0) is 30.7 Å². The third-order valence-corrected chi connectivity index (χ3v) is 3.05. The highest BCUT2D eigenvalue weighted by atomic mass is 32.1. The summed E-state index contributed by atoms with van der Waals surface area (Å²) < 4.78 is 41.3. The largest absolute Gasteiger partial charge is 0.389 e. The quantitative estimate of drug-likeness (QED) is 0.846. The number of benzene rings is 2. The van der Waals surface area contributed by atoms with Crippen LogP contribution in [0.4, 0.5) is 24.5 Å². The molecule has 0 aliphatic heterocycles. The summed E-state index contributed by atoms with van der Waals surface area (Å²) in [6, 6.07) is 6.93. The summed E-state index contributed by atoms with van der Waals surface area (Å²) in [5.74, 6) is -2.86. The normalized spacial score (nSPS) is 10.4. The van der Waals surface area contributed by atoms with E-state index in [1.54, 1.807) is 13.0 Å². The van der Waals surface area contributed by atoms with Gasteiger partial charge in [0.05, 0.1) is 11.4 Å². The van der Waals surface area contributed by atoms with E-state index in [0.29, 0.717) is 5.56 Å². The summed E-state index contributed by atoms with van der Waals surface area (Å²) in [5, 5.41) is 2.54. The Morgan fingerprint density at radius 2 is 1.80 bits per heavy atom. The zero-order chi connectivity index (χ0) is 14.9. The van der Waals surface area contributed by atoms with Crippen LogP contribution in [0.1, 0.15) is 11.1 Å². The third kappa shape index (κ3) is 2.60. The van der Waals surface area contributed by atoms with Gasteiger partial charge < -0.3 is 11.1 Å². The molecule has 3 N–H and O–H groups in total. The Labute approximate surface area is 119 Å². The first-order valence-corrected chi connectivity index (χ1v) is 6.12. The van der Waals surface area contributed by atoms with Gasteiger partial charge in [-0.15, -0.1) is 0 Å². The number of halogens is 3. The summed E-state index contributed by atoms with van der Waals surface area (Å²) in [5.41, 5.74) is 5.57. The number of hydrogen-bond donors (Lipinski definition) is 2. The minimum atomic E-state index is -1.16. The van der Waals surface area contributed by atoms with E-state index in [2.05, 4.69) is 17.5 Å². The molecule has 0 fully saturated rings. The van der Waals surface area contributed by atoms with E-state index in [4.69, 9.17) is 5.73 Å². The highest BCUT2D eigenvalue weighted by molar-refractivity contribution is 7.80. The number of thiocarbonyl (C=S) groups is 1. The molecule has 0 atom stereocenters. The van der Waals surface area contributed by atoms with Crippen molar-refractivity contribution in [1.29, 1.82) is 0 Å². The zero-order valence-corrected chi connectivity index (χ0v) is 11.3. The lowest BCUT2D eigenvalue weighted by Crippen LogP contribution is -2.13. The van der Waals surface area contributed by atoms with Crippen molar-refractivity contribution in [3.8, 4) is 0 Å². The number of para-hydroxylation sites is 1. The molecule has 0 aliphatic carbocycles. The molecule has 0 heterocycles. The SMILES string of the molecule is Cc1cccc(F)c1Nc1ccc(C(N)=S)c(F)c1F. The fraction of sp³-hybridized carbons (Fsp3) is 0.0714. The van der Waals surface area contributed by atoms with Gasteiger partial charge in [0.15, 0.2) is 11.6 Å². The maximum absolute atomic E-state index is 13.9. The van der Waals surface area contributed by atoms with Gasteiger partial charge in [-0.3, -0.25) is 0 Å². The molecule has 0 radical (unpaired) electrons. The van der Waals surface area contributed by atoms with Gasteiger partial charge in [-0.2, -0.15) is 0 Å². The molecule has 0 saturated heterocycles. The van der Waals surface area contributed by atoms with Crippen LogP contribution < -0.4 is 11.1 Å². The summed E-state index contributed by atoms with van der Waals surface area (Å²) >= 11 is 4.61. The fourth-order valence-electron chi connectivity index (χ4n) is 1.76. The minimum Gasteiger partial charge on any atom is -0.389 e. The van der Waals surface area contributed by atoms with Crippen molar-refractivity contribution in [3.05, 3.63) is 58.9 Å². The van der Waals surface area contributed by atoms with Gasteiger partial charge in [0.2, 0.25) is 0 Å². The molecule has 0 saturated carbocycles. The van der Waals surface area contributed by atoms with Crippen LogP contribution in [0, 0.1) is 24.4 Å². The van der Waals surface area contributed by atoms with E-state index in [1.807, 2.05) is 0 Å². The smallest absolute Gasteiger partial charge is 0.182 e. The average Bonchev–Trinajstić information content (AvgIpc) is 2.38. The second-order valence-electron chi connectivity index (χ2n) is 4.21. The van der Waals surface area contributed by atoms with Gasteiger partial charge in [0.1, 0.15) is 10.8 Å². The molecule has 0 unspecified atom stereocenters. The van der Waals surface area contributed by atoms with Crippen LogP contribution in [0.2, 0.25) is 0 Å². The van der Waals surface area contributed by atoms with Crippen molar-refractivity contribution in [3.63, 3.8) is 0 Å². The van der Waals surface area contributed by atoms with Crippen LogP contribution in [0.3, 0.4) is 0 Å².